The van der Waals surface area contributed by atoms with Gasteiger partial charge in [0.15, 0.2) is 0 Å². The maximum atomic E-state index is 5.35. The highest BCUT2D eigenvalue weighted by Gasteiger charge is 2.15. The number of ether oxygens (including phenoxy) is 1. The monoisotopic (exact) mass is 200 g/mol. The molecule has 1 heterocycles. The minimum atomic E-state index is 0.857. The summed E-state index contributed by atoms with van der Waals surface area (Å²) in [7, 11) is 2.22. The molecular formula is C11H24N2O. The quantitative estimate of drug-likeness (QED) is 0.646. The third-order valence-electron chi connectivity index (χ3n) is 2.83. The van der Waals surface area contributed by atoms with Gasteiger partial charge in [-0.2, -0.15) is 0 Å². The van der Waals surface area contributed by atoms with Crippen molar-refractivity contribution in [3.8, 4) is 0 Å². The van der Waals surface area contributed by atoms with E-state index in [9.17, 15) is 0 Å². The van der Waals surface area contributed by atoms with Crippen LogP contribution in [0, 0.1) is 5.92 Å². The molecule has 0 aliphatic carbocycles. The molecule has 1 saturated heterocycles. The SMILES string of the molecule is CCNCCN(C)CC1CCOCC1. The van der Waals surface area contributed by atoms with Gasteiger partial charge in [0.2, 0.25) is 0 Å². The first kappa shape index (κ1) is 12.0. The van der Waals surface area contributed by atoms with Crippen molar-refractivity contribution in [3.05, 3.63) is 0 Å². The molecule has 0 spiro atoms. The van der Waals surface area contributed by atoms with Crippen LogP contribution in [-0.4, -0.2) is 51.3 Å². The molecule has 0 aromatic carbocycles. The van der Waals surface area contributed by atoms with Crippen molar-refractivity contribution < 1.29 is 4.74 Å². The van der Waals surface area contributed by atoms with Crippen molar-refractivity contribution in [1.82, 2.24) is 10.2 Å². The Morgan fingerprint density at radius 3 is 2.71 bits per heavy atom. The second-order valence-corrected chi connectivity index (χ2v) is 4.17. The molecule has 1 rings (SSSR count). The molecule has 1 fully saturated rings. The first-order valence-corrected chi connectivity index (χ1v) is 5.80. The van der Waals surface area contributed by atoms with Crippen LogP contribution in [0.2, 0.25) is 0 Å². The average molecular weight is 200 g/mol. The van der Waals surface area contributed by atoms with E-state index in [2.05, 4.69) is 24.2 Å². The van der Waals surface area contributed by atoms with Crippen molar-refractivity contribution in [2.24, 2.45) is 5.92 Å². The van der Waals surface area contributed by atoms with E-state index in [-0.39, 0.29) is 0 Å². The highest BCUT2D eigenvalue weighted by atomic mass is 16.5. The van der Waals surface area contributed by atoms with Crippen LogP contribution in [-0.2, 0) is 4.74 Å². The van der Waals surface area contributed by atoms with E-state index >= 15 is 0 Å². The normalized spacial score (nSPS) is 19.1. The number of nitrogens with zero attached hydrogens (tertiary/aromatic N) is 1. The van der Waals surface area contributed by atoms with E-state index in [0.29, 0.717) is 0 Å². The van der Waals surface area contributed by atoms with E-state index in [1.165, 1.54) is 19.4 Å². The molecule has 14 heavy (non-hydrogen) atoms. The van der Waals surface area contributed by atoms with Crippen molar-refractivity contribution in [2.75, 3.05) is 46.4 Å². The second-order valence-electron chi connectivity index (χ2n) is 4.17. The Labute approximate surface area is 87.8 Å². The Balaban J connectivity index is 2.03. The van der Waals surface area contributed by atoms with Gasteiger partial charge >= 0.3 is 0 Å². The molecule has 0 saturated carbocycles. The third kappa shape index (κ3) is 4.94. The van der Waals surface area contributed by atoms with Gasteiger partial charge in [-0.3, -0.25) is 0 Å². The zero-order valence-electron chi connectivity index (χ0n) is 9.59. The van der Waals surface area contributed by atoms with Crippen LogP contribution >= 0.6 is 0 Å². The van der Waals surface area contributed by atoms with Gasteiger partial charge in [0.05, 0.1) is 0 Å². The summed E-state index contributed by atoms with van der Waals surface area (Å²) in [5, 5.41) is 3.35. The summed E-state index contributed by atoms with van der Waals surface area (Å²) in [4.78, 5) is 2.43. The lowest BCUT2D eigenvalue weighted by Crippen LogP contribution is -2.34. The highest BCUT2D eigenvalue weighted by molar-refractivity contribution is 4.67. The number of hydrogen-bond acceptors (Lipinski definition) is 3. The zero-order chi connectivity index (χ0) is 10.2. The highest BCUT2D eigenvalue weighted by Crippen LogP contribution is 2.15. The van der Waals surface area contributed by atoms with E-state index < -0.39 is 0 Å². The summed E-state index contributed by atoms with van der Waals surface area (Å²) in [5.74, 6) is 0.857. The lowest BCUT2D eigenvalue weighted by molar-refractivity contribution is 0.0559. The molecule has 0 aromatic heterocycles. The standard InChI is InChI=1S/C11H24N2O/c1-3-12-6-7-13(2)10-11-4-8-14-9-5-11/h11-12H,3-10H2,1-2H3. The second kappa shape index (κ2) is 7.21. The Kier molecular flexibility index (Phi) is 6.15. The first-order chi connectivity index (χ1) is 6.83. The van der Waals surface area contributed by atoms with E-state index in [1.54, 1.807) is 0 Å². The molecule has 84 valence electrons. The Morgan fingerprint density at radius 1 is 1.36 bits per heavy atom. The van der Waals surface area contributed by atoms with E-state index in [1.807, 2.05) is 0 Å². The molecule has 3 nitrogen and oxygen atoms in total. The van der Waals surface area contributed by atoms with Crippen LogP contribution in [0.4, 0.5) is 0 Å². The fourth-order valence-corrected chi connectivity index (χ4v) is 1.91. The van der Waals surface area contributed by atoms with Crippen LogP contribution in [0.1, 0.15) is 19.8 Å². The van der Waals surface area contributed by atoms with Crippen LogP contribution in [0.5, 0.6) is 0 Å². The molecular weight excluding hydrogens is 176 g/mol. The van der Waals surface area contributed by atoms with Gasteiger partial charge in [0.25, 0.3) is 0 Å². The summed E-state index contributed by atoms with van der Waals surface area (Å²) >= 11 is 0. The molecule has 1 aliphatic rings. The molecule has 0 atom stereocenters. The maximum Gasteiger partial charge on any atom is 0.0469 e. The van der Waals surface area contributed by atoms with E-state index in [4.69, 9.17) is 4.74 Å². The number of hydrogen-bond donors (Lipinski definition) is 1. The summed E-state index contributed by atoms with van der Waals surface area (Å²) in [6.07, 6.45) is 2.48. The number of likely N-dealkylation sites (N-methyl/N-ethyl adjacent to an activating group) is 2. The molecule has 1 aliphatic heterocycles. The molecule has 3 heteroatoms. The van der Waals surface area contributed by atoms with Gasteiger partial charge in [-0.1, -0.05) is 6.92 Å². The molecule has 1 N–H and O–H groups in total. The Bertz CT molecular complexity index is 135. The van der Waals surface area contributed by atoms with Gasteiger partial charge in [-0.05, 0) is 32.4 Å². The fourth-order valence-electron chi connectivity index (χ4n) is 1.91. The first-order valence-electron chi connectivity index (χ1n) is 5.80. The van der Waals surface area contributed by atoms with Crippen LogP contribution in [0.15, 0.2) is 0 Å². The minimum absolute atomic E-state index is 0.857. The van der Waals surface area contributed by atoms with Crippen molar-refractivity contribution in [3.63, 3.8) is 0 Å². The smallest absolute Gasteiger partial charge is 0.0469 e. The fraction of sp³-hybridized carbons (Fsp3) is 1.00. The Hall–Kier alpha value is -0.120. The van der Waals surface area contributed by atoms with Crippen LogP contribution < -0.4 is 5.32 Å². The molecule has 0 aromatic rings. The van der Waals surface area contributed by atoms with Gasteiger partial charge in [0, 0.05) is 32.8 Å². The summed E-state index contributed by atoms with van der Waals surface area (Å²) in [5.41, 5.74) is 0. The topological polar surface area (TPSA) is 24.5 Å². The molecule has 0 bridgehead atoms. The summed E-state index contributed by atoms with van der Waals surface area (Å²) in [6.45, 7) is 8.65. The predicted molar refractivity (Wildman–Crippen MR) is 59.6 cm³/mol. The molecule has 0 unspecified atom stereocenters. The van der Waals surface area contributed by atoms with E-state index in [0.717, 1.165) is 38.8 Å². The minimum Gasteiger partial charge on any atom is -0.381 e. The van der Waals surface area contributed by atoms with Crippen molar-refractivity contribution in [2.45, 2.75) is 19.8 Å². The van der Waals surface area contributed by atoms with Crippen LogP contribution in [0.25, 0.3) is 0 Å². The zero-order valence-corrected chi connectivity index (χ0v) is 9.59. The lowest BCUT2D eigenvalue weighted by atomic mass is 10.00. The lowest BCUT2D eigenvalue weighted by Gasteiger charge is -2.27. The summed E-state index contributed by atoms with van der Waals surface area (Å²) < 4.78 is 5.35. The average Bonchev–Trinajstić information content (AvgIpc) is 2.20. The summed E-state index contributed by atoms with van der Waals surface area (Å²) in [6, 6.07) is 0. The van der Waals surface area contributed by atoms with Gasteiger partial charge < -0.3 is 15.0 Å². The van der Waals surface area contributed by atoms with Gasteiger partial charge in [0.1, 0.15) is 0 Å². The van der Waals surface area contributed by atoms with Crippen molar-refractivity contribution >= 4 is 0 Å². The number of nitrogens with one attached hydrogen (secondary N) is 1. The maximum absolute atomic E-state index is 5.35. The largest absolute Gasteiger partial charge is 0.381 e. The van der Waals surface area contributed by atoms with Gasteiger partial charge in [-0.15, -0.1) is 0 Å². The Morgan fingerprint density at radius 2 is 2.07 bits per heavy atom. The van der Waals surface area contributed by atoms with Crippen LogP contribution in [0.3, 0.4) is 0 Å². The molecule has 0 amide bonds. The third-order valence-corrected chi connectivity index (χ3v) is 2.83. The predicted octanol–water partition coefficient (Wildman–Crippen LogP) is 0.954. The number of rotatable bonds is 6. The van der Waals surface area contributed by atoms with Crippen molar-refractivity contribution in [1.29, 1.82) is 0 Å². The van der Waals surface area contributed by atoms with Gasteiger partial charge in [-0.25, -0.2) is 0 Å². The molecule has 0 radical (unpaired) electrons.